The molecule has 0 aliphatic carbocycles. The van der Waals surface area contributed by atoms with E-state index in [9.17, 15) is 9.59 Å². The predicted octanol–water partition coefficient (Wildman–Crippen LogP) is 1.81. The molecule has 2 heterocycles. The highest BCUT2D eigenvalue weighted by atomic mass is 16.2. The first-order chi connectivity index (χ1) is 10.7. The second-order valence-corrected chi connectivity index (χ2v) is 6.14. The summed E-state index contributed by atoms with van der Waals surface area (Å²) < 4.78 is 3.38. The Labute approximate surface area is 136 Å². The average Bonchev–Trinajstić information content (AvgIpc) is 2.81. The molecule has 6 heteroatoms. The summed E-state index contributed by atoms with van der Waals surface area (Å²) in [6.07, 6.45) is 0. The summed E-state index contributed by atoms with van der Waals surface area (Å²) in [7, 11) is 1.67. The molecule has 2 aromatic heterocycles. The van der Waals surface area contributed by atoms with E-state index in [4.69, 9.17) is 0 Å². The zero-order chi connectivity index (χ0) is 17.3. The van der Waals surface area contributed by atoms with Crippen LogP contribution in [-0.4, -0.2) is 26.8 Å². The quantitative estimate of drug-likeness (QED) is 0.935. The minimum absolute atomic E-state index is 0.0160. The van der Waals surface area contributed by atoms with E-state index in [2.05, 4.69) is 10.4 Å². The molecule has 0 bridgehead atoms. The molecule has 1 atom stereocenters. The summed E-state index contributed by atoms with van der Waals surface area (Å²) in [6, 6.07) is 3.86. The molecule has 0 saturated carbocycles. The van der Waals surface area contributed by atoms with Crippen LogP contribution in [0.15, 0.2) is 16.9 Å². The van der Waals surface area contributed by atoms with E-state index in [-0.39, 0.29) is 23.1 Å². The molecule has 2 aromatic rings. The Kier molecular flexibility index (Phi) is 4.73. The molecule has 0 fully saturated rings. The van der Waals surface area contributed by atoms with Gasteiger partial charge in [0.1, 0.15) is 5.56 Å². The number of carbonyl (C=O) groups excluding carboxylic acids is 1. The van der Waals surface area contributed by atoms with Crippen LogP contribution in [0.4, 0.5) is 0 Å². The van der Waals surface area contributed by atoms with Gasteiger partial charge in [0.15, 0.2) is 0 Å². The Morgan fingerprint density at radius 2 is 1.87 bits per heavy atom. The molecule has 0 radical (unpaired) electrons. The predicted molar refractivity (Wildman–Crippen MR) is 89.9 cm³/mol. The van der Waals surface area contributed by atoms with Gasteiger partial charge >= 0.3 is 0 Å². The van der Waals surface area contributed by atoms with E-state index in [1.807, 2.05) is 44.5 Å². The van der Waals surface area contributed by atoms with Gasteiger partial charge < -0.3 is 9.88 Å². The summed E-state index contributed by atoms with van der Waals surface area (Å²) in [5.74, 6) is -0.337. The third-order valence-electron chi connectivity index (χ3n) is 4.11. The van der Waals surface area contributed by atoms with Crippen LogP contribution in [0.25, 0.3) is 0 Å². The van der Waals surface area contributed by atoms with Gasteiger partial charge in [-0.25, -0.2) is 0 Å². The number of hydrogen-bond donors (Lipinski definition) is 1. The lowest BCUT2D eigenvalue weighted by Gasteiger charge is -2.16. The van der Waals surface area contributed by atoms with Crippen LogP contribution >= 0.6 is 0 Å². The highest BCUT2D eigenvalue weighted by Crippen LogP contribution is 2.10. The van der Waals surface area contributed by atoms with Crippen molar-refractivity contribution in [1.82, 2.24) is 19.7 Å². The molecule has 6 nitrogen and oxygen atoms in total. The van der Waals surface area contributed by atoms with Crippen molar-refractivity contribution in [2.24, 2.45) is 7.05 Å². The standard InChI is InChI=1S/C17H24N4O2/c1-10-7-12(3)20(6)17(23)15(10)16(22)18-9-14(5)21-13(4)8-11(2)19-21/h7-8,14H,9H2,1-6H3,(H,18,22). The fourth-order valence-corrected chi connectivity index (χ4v) is 2.76. The van der Waals surface area contributed by atoms with E-state index in [1.54, 1.807) is 14.0 Å². The maximum Gasteiger partial charge on any atom is 0.263 e. The molecule has 1 N–H and O–H groups in total. The van der Waals surface area contributed by atoms with Gasteiger partial charge in [0.2, 0.25) is 0 Å². The summed E-state index contributed by atoms with van der Waals surface area (Å²) in [6.45, 7) is 9.96. The van der Waals surface area contributed by atoms with Crippen molar-refractivity contribution in [2.75, 3.05) is 6.54 Å². The van der Waals surface area contributed by atoms with E-state index in [0.29, 0.717) is 12.1 Å². The third kappa shape index (κ3) is 3.36. The largest absolute Gasteiger partial charge is 0.350 e. The lowest BCUT2D eigenvalue weighted by molar-refractivity contribution is 0.0945. The minimum atomic E-state index is -0.337. The monoisotopic (exact) mass is 316 g/mol. The minimum Gasteiger partial charge on any atom is -0.350 e. The summed E-state index contributed by atoms with van der Waals surface area (Å²) >= 11 is 0. The second-order valence-electron chi connectivity index (χ2n) is 6.14. The zero-order valence-corrected chi connectivity index (χ0v) is 14.6. The molecule has 0 aliphatic heterocycles. The van der Waals surface area contributed by atoms with Crippen LogP contribution in [0.5, 0.6) is 0 Å². The molecule has 1 amide bonds. The molecule has 0 spiro atoms. The van der Waals surface area contributed by atoms with E-state index >= 15 is 0 Å². The van der Waals surface area contributed by atoms with Gasteiger partial charge in [0, 0.05) is 25.0 Å². The number of aromatic nitrogens is 3. The van der Waals surface area contributed by atoms with E-state index in [1.165, 1.54) is 4.57 Å². The Morgan fingerprint density at radius 3 is 2.43 bits per heavy atom. The Hall–Kier alpha value is -2.37. The van der Waals surface area contributed by atoms with Crippen molar-refractivity contribution in [3.63, 3.8) is 0 Å². The van der Waals surface area contributed by atoms with Crippen LogP contribution in [0.3, 0.4) is 0 Å². The second kappa shape index (κ2) is 6.40. The summed E-state index contributed by atoms with van der Waals surface area (Å²) in [5, 5.41) is 7.27. The van der Waals surface area contributed by atoms with Gasteiger partial charge in [0.25, 0.3) is 11.5 Å². The fraction of sp³-hybridized carbons (Fsp3) is 0.471. The van der Waals surface area contributed by atoms with Crippen LogP contribution < -0.4 is 10.9 Å². The number of carbonyl (C=O) groups is 1. The van der Waals surface area contributed by atoms with Crippen LogP contribution in [-0.2, 0) is 7.05 Å². The molecule has 2 rings (SSSR count). The normalized spacial score (nSPS) is 12.3. The van der Waals surface area contributed by atoms with Crippen LogP contribution in [0.1, 0.15) is 46.0 Å². The first kappa shape index (κ1) is 17.0. The van der Waals surface area contributed by atoms with Crippen molar-refractivity contribution >= 4 is 5.91 Å². The number of aryl methyl sites for hydroxylation is 4. The average molecular weight is 316 g/mol. The molecular formula is C17H24N4O2. The molecule has 0 aromatic carbocycles. The summed E-state index contributed by atoms with van der Waals surface area (Å²) in [4.78, 5) is 24.7. The number of nitrogens with zero attached hydrogens (tertiary/aromatic N) is 3. The molecular weight excluding hydrogens is 292 g/mol. The highest BCUT2D eigenvalue weighted by molar-refractivity contribution is 5.95. The first-order valence-electron chi connectivity index (χ1n) is 7.70. The lowest BCUT2D eigenvalue weighted by atomic mass is 10.1. The van der Waals surface area contributed by atoms with E-state index in [0.717, 1.165) is 17.1 Å². The van der Waals surface area contributed by atoms with E-state index < -0.39 is 0 Å². The van der Waals surface area contributed by atoms with Gasteiger partial charge in [-0.05, 0) is 52.3 Å². The van der Waals surface area contributed by atoms with Crippen molar-refractivity contribution < 1.29 is 4.79 Å². The topological polar surface area (TPSA) is 68.9 Å². The maximum atomic E-state index is 12.4. The fourth-order valence-electron chi connectivity index (χ4n) is 2.76. The Bertz CT molecular complexity index is 802. The molecule has 0 aliphatic rings. The van der Waals surface area contributed by atoms with Crippen molar-refractivity contribution in [3.8, 4) is 0 Å². The van der Waals surface area contributed by atoms with Gasteiger partial charge in [-0.3, -0.25) is 14.3 Å². The smallest absolute Gasteiger partial charge is 0.263 e. The number of rotatable bonds is 4. The van der Waals surface area contributed by atoms with Gasteiger partial charge in [-0.1, -0.05) is 0 Å². The molecule has 0 saturated heterocycles. The van der Waals surface area contributed by atoms with Crippen LogP contribution in [0, 0.1) is 27.7 Å². The maximum absolute atomic E-state index is 12.4. The van der Waals surface area contributed by atoms with Gasteiger partial charge in [-0.15, -0.1) is 0 Å². The van der Waals surface area contributed by atoms with Gasteiger partial charge in [0.05, 0.1) is 11.7 Å². The van der Waals surface area contributed by atoms with Crippen LogP contribution in [0.2, 0.25) is 0 Å². The zero-order valence-electron chi connectivity index (χ0n) is 14.6. The molecule has 1 unspecified atom stereocenters. The SMILES string of the molecule is Cc1cc(C)n(C(C)CNC(=O)c2c(C)cc(C)n(C)c2=O)n1. The molecule has 124 valence electrons. The molecule has 23 heavy (non-hydrogen) atoms. The number of pyridine rings is 1. The van der Waals surface area contributed by atoms with Crippen molar-refractivity contribution in [1.29, 1.82) is 0 Å². The van der Waals surface area contributed by atoms with Crippen molar-refractivity contribution in [3.05, 3.63) is 50.7 Å². The van der Waals surface area contributed by atoms with Crippen molar-refractivity contribution in [2.45, 2.75) is 40.7 Å². The first-order valence-corrected chi connectivity index (χ1v) is 7.70. The Balaban J connectivity index is 2.16. The third-order valence-corrected chi connectivity index (χ3v) is 4.11. The Morgan fingerprint density at radius 1 is 1.22 bits per heavy atom. The lowest BCUT2D eigenvalue weighted by Crippen LogP contribution is -2.36. The number of nitrogens with one attached hydrogen (secondary N) is 1. The number of amides is 1. The van der Waals surface area contributed by atoms with Gasteiger partial charge in [-0.2, -0.15) is 5.10 Å². The summed E-state index contributed by atoms with van der Waals surface area (Å²) in [5.41, 5.74) is 3.47. The highest BCUT2D eigenvalue weighted by Gasteiger charge is 2.17. The number of hydrogen-bond acceptors (Lipinski definition) is 3.